The van der Waals surface area contributed by atoms with E-state index in [0.717, 1.165) is 44.1 Å². The van der Waals surface area contributed by atoms with Crippen LogP contribution in [0.5, 0.6) is 0 Å². The van der Waals surface area contributed by atoms with Crippen molar-refractivity contribution in [2.75, 3.05) is 19.6 Å². The number of rotatable bonds is 5. The summed E-state index contributed by atoms with van der Waals surface area (Å²) in [7, 11) is 0. The van der Waals surface area contributed by atoms with Gasteiger partial charge in [0.2, 0.25) is 0 Å². The molecule has 132 valence electrons. The van der Waals surface area contributed by atoms with Crippen LogP contribution in [0.15, 0.2) is 18.2 Å². The van der Waals surface area contributed by atoms with Crippen LogP contribution in [0.1, 0.15) is 37.4 Å². The standard InChI is InChI=1S/C17H23F2N3O2/c18-13-2-1-3-14(19)16(13)15(23)10-20-17(24)21-11-6-8-22(9-7-11)12-4-5-12/h1-3,11-12,15,23H,4-10H2,(H2,20,21,24). The first-order valence-electron chi connectivity index (χ1n) is 8.45. The molecule has 5 nitrogen and oxygen atoms in total. The summed E-state index contributed by atoms with van der Waals surface area (Å²) < 4.78 is 27.1. The van der Waals surface area contributed by atoms with Gasteiger partial charge in [-0.15, -0.1) is 0 Å². The van der Waals surface area contributed by atoms with Crippen molar-refractivity contribution in [2.24, 2.45) is 0 Å². The molecule has 2 fully saturated rings. The van der Waals surface area contributed by atoms with E-state index in [-0.39, 0.29) is 12.6 Å². The van der Waals surface area contributed by atoms with Crippen molar-refractivity contribution >= 4 is 6.03 Å². The number of benzene rings is 1. The van der Waals surface area contributed by atoms with Gasteiger partial charge in [-0.2, -0.15) is 0 Å². The molecule has 2 amide bonds. The second-order valence-corrected chi connectivity index (χ2v) is 6.55. The molecule has 2 aliphatic rings. The lowest BCUT2D eigenvalue weighted by molar-refractivity contribution is 0.160. The fourth-order valence-corrected chi connectivity index (χ4v) is 3.21. The zero-order valence-electron chi connectivity index (χ0n) is 13.5. The van der Waals surface area contributed by atoms with Gasteiger partial charge in [0.05, 0.1) is 5.56 Å². The van der Waals surface area contributed by atoms with Gasteiger partial charge in [0.15, 0.2) is 0 Å². The van der Waals surface area contributed by atoms with Gasteiger partial charge >= 0.3 is 6.03 Å². The number of aliphatic hydroxyl groups is 1. The third-order valence-electron chi connectivity index (χ3n) is 4.72. The molecule has 1 aliphatic carbocycles. The molecule has 3 rings (SSSR count). The molecule has 0 spiro atoms. The third kappa shape index (κ3) is 4.21. The van der Waals surface area contributed by atoms with Crippen LogP contribution in [0.4, 0.5) is 13.6 Å². The number of nitrogens with zero attached hydrogens (tertiary/aromatic N) is 1. The van der Waals surface area contributed by atoms with E-state index in [4.69, 9.17) is 0 Å². The number of carbonyl (C=O) groups excluding carboxylic acids is 1. The number of halogens is 2. The van der Waals surface area contributed by atoms with Gasteiger partial charge in [0.25, 0.3) is 0 Å². The van der Waals surface area contributed by atoms with E-state index in [1.807, 2.05) is 0 Å². The highest BCUT2D eigenvalue weighted by Gasteiger charge is 2.32. The molecule has 1 saturated carbocycles. The van der Waals surface area contributed by atoms with Crippen LogP contribution in [0.25, 0.3) is 0 Å². The Morgan fingerprint density at radius 2 is 1.83 bits per heavy atom. The Hall–Kier alpha value is -1.73. The number of nitrogens with one attached hydrogen (secondary N) is 2. The SMILES string of the molecule is O=C(NCC(O)c1c(F)cccc1F)NC1CCN(C2CC2)CC1. The highest BCUT2D eigenvalue weighted by molar-refractivity contribution is 5.74. The van der Waals surface area contributed by atoms with Gasteiger partial charge in [-0.3, -0.25) is 0 Å². The Morgan fingerprint density at radius 3 is 2.42 bits per heavy atom. The van der Waals surface area contributed by atoms with Crippen LogP contribution in [0.2, 0.25) is 0 Å². The van der Waals surface area contributed by atoms with Crippen molar-refractivity contribution in [1.29, 1.82) is 0 Å². The van der Waals surface area contributed by atoms with Crippen molar-refractivity contribution in [3.8, 4) is 0 Å². The van der Waals surface area contributed by atoms with E-state index >= 15 is 0 Å². The smallest absolute Gasteiger partial charge is 0.315 e. The number of hydrogen-bond acceptors (Lipinski definition) is 3. The van der Waals surface area contributed by atoms with Crippen molar-refractivity contribution < 1.29 is 18.7 Å². The highest BCUT2D eigenvalue weighted by Crippen LogP contribution is 2.29. The first-order chi connectivity index (χ1) is 11.5. The summed E-state index contributed by atoms with van der Waals surface area (Å²) >= 11 is 0. The predicted octanol–water partition coefficient (Wildman–Crippen LogP) is 1.92. The monoisotopic (exact) mass is 339 g/mol. The Morgan fingerprint density at radius 1 is 1.21 bits per heavy atom. The number of amides is 2. The summed E-state index contributed by atoms with van der Waals surface area (Å²) in [6.07, 6.45) is 2.93. The minimum absolute atomic E-state index is 0.0994. The van der Waals surface area contributed by atoms with E-state index in [1.54, 1.807) is 0 Å². The maximum absolute atomic E-state index is 13.6. The molecule has 24 heavy (non-hydrogen) atoms. The van der Waals surface area contributed by atoms with E-state index in [2.05, 4.69) is 15.5 Å². The molecule has 1 aliphatic heterocycles. The number of likely N-dealkylation sites (tertiary alicyclic amines) is 1. The number of aliphatic hydroxyl groups excluding tert-OH is 1. The Labute approximate surface area is 140 Å². The Bertz CT molecular complexity index is 567. The lowest BCUT2D eigenvalue weighted by Gasteiger charge is -2.32. The van der Waals surface area contributed by atoms with Crippen LogP contribution in [0, 0.1) is 11.6 Å². The fourth-order valence-electron chi connectivity index (χ4n) is 3.21. The third-order valence-corrected chi connectivity index (χ3v) is 4.72. The van der Waals surface area contributed by atoms with Crippen molar-refractivity contribution in [3.63, 3.8) is 0 Å². The molecule has 0 radical (unpaired) electrons. The lowest BCUT2D eigenvalue weighted by atomic mass is 10.1. The molecule has 3 N–H and O–H groups in total. The molecule has 1 atom stereocenters. The summed E-state index contributed by atoms with van der Waals surface area (Å²) in [4.78, 5) is 14.4. The van der Waals surface area contributed by atoms with Gasteiger partial charge in [-0.1, -0.05) is 6.07 Å². The minimum Gasteiger partial charge on any atom is -0.386 e. The summed E-state index contributed by atoms with van der Waals surface area (Å²) in [5, 5.41) is 15.3. The summed E-state index contributed by atoms with van der Waals surface area (Å²) in [5.41, 5.74) is -0.421. The van der Waals surface area contributed by atoms with Gasteiger partial charge in [0, 0.05) is 31.7 Å². The maximum atomic E-state index is 13.6. The van der Waals surface area contributed by atoms with Crippen LogP contribution in [-0.4, -0.2) is 47.8 Å². The summed E-state index contributed by atoms with van der Waals surface area (Å²) in [6, 6.07) is 3.81. The predicted molar refractivity (Wildman–Crippen MR) is 85.5 cm³/mol. The van der Waals surface area contributed by atoms with Gasteiger partial charge in [0.1, 0.15) is 17.7 Å². The van der Waals surface area contributed by atoms with E-state index in [0.29, 0.717) is 0 Å². The topological polar surface area (TPSA) is 64.6 Å². The summed E-state index contributed by atoms with van der Waals surface area (Å²) in [5.74, 6) is -1.64. The average molecular weight is 339 g/mol. The van der Waals surface area contributed by atoms with Crippen LogP contribution in [-0.2, 0) is 0 Å². The van der Waals surface area contributed by atoms with Crippen molar-refractivity contribution in [1.82, 2.24) is 15.5 Å². The zero-order chi connectivity index (χ0) is 17.1. The van der Waals surface area contributed by atoms with Crippen LogP contribution < -0.4 is 10.6 Å². The van der Waals surface area contributed by atoms with Gasteiger partial charge < -0.3 is 20.6 Å². The maximum Gasteiger partial charge on any atom is 0.315 e. The van der Waals surface area contributed by atoms with Crippen molar-refractivity contribution in [3.05, 3.63) is 35.4 Å². The Kier molecular flexibility index (Phi) is 5.30. The number of carbonyl (C=O) groups is 1. The number of hydrogen-bond donors (Lipinski definition) is 3. The summed E-state index contributed by atoms with van der Waals surface area (Å²) in [6.45, 7) is 1.72. The molecule has 1 aromatic carbocycles. The largest absolute Gasteiger partial charge is 0.386 e. The molecular weight excluding hydrogens is 316 g/mol. The van der Waals surface area contributed by atoms with Crippen molar-refractivity contribution in [2.45, 2.75) is 43.9 Å². The van der Waals surface area contributed by atoms with Gasteiger partial charge in [-0.05, 0) is 37.8 Å². The average Bonchev–Trinajstić information content (AvgIpc) is 3.38. The van der Waals surface area contributed by atoms with Crippen LogP contribution >= 0.6 is 0 Å². The molecule has 1 saturated heterocycles. The number of piperidine rings is 1. The van der Waals surface area contributed by atoms with E-state index in [9.17, 15) is 18.7 Å². The molecule has 1 unspecified atom stereocenters. The highest BCUT2D eigenvalue weighted by atomic mass is 19.1. The molecule has 1 heterocycles. The first-order valence-corrected chi connectivity index (χ1v) is 8.45. The minimum atomic E-state index is -1.42. The molecular formula is C17H23F2N3O2. The lowest BCUT2D eigenvalue weighted by Crippen LogP contribution is -2.48. The Balaban J connectivity index is 1.42. The van der Waals surface area contributed by atoms with E-state index < -0.39 is 29.3 Å². The van der Waals surface area contributed by atoms with Crippen LogP contribution in [0.3, 0.4) is 0 Å². The second-order valence-electron chi connectivity index (χ2n) is 6.55. The molecule has 7 heteroatoms. The van der Waals surface area contributed by atoms with Gasteiger partial charge in [-0.25, -0.2) is 13.6 Å². The molecule has 0 aromatic heterocycles. The second kappa shape index (κ2) is 7.44. The van der Waals surface area contributed by atoms with E-state index in [1.165, 1.54) is 18.9 Å². The quantitative estimate of drug-likeness (QED) is 0.768. The zero-order valence-corrected chi connectivity index (χ0v) is 13.5. The molecule has 0 bridgehead atoms. The molecule has 1 aromatic rings. The normalized spacial score (nSPS) is 20.6. The first kappa shape index (κ1) is 17.1. The fraction of sp³-hybridized carbons (Fsp3) is 0.588. The number of urea groups is 1.